The molecule has 0 radical (unpaired) electrons. The van der Waals surface area contributed by atoms with Crippen LogP contribution in [0.1, 0.15) is 34.5 Å². The first-order valence-corrected chi connectivity index (χ1v) is 9.43. The van der Waals surface area contributed by atoms with Crippen molar-refractivity contribution >= 4 is 18.0 Å². The minimum Gasteiger partial charge on any atom is -0.463 e. The van der Waals surface area contributed by atoms with Crippen molar-refractivity contribution in [2.75, 3.05) is 13.2 Å². The van der Waals surface area contributed by atoms with E-state index in [2.05, 4.69) is 10.6 Å². The normalized spacial score (nSPS) is 15.8. The fourth-order valence-corrected chi connectivity index (χ4v) is 3.04. The summed E-state index contributed by atoms with van der Waals surface area (Å²) in [5.41, 5.74) is 1.97. The van der Waals surface area contributed by atoms with E-state index in [1.807, 2.05) is 6.07 Å². The number of amides is 2. The molecule has 3 rings (SSSR count). The second kappa shape index (κ2) is 9.71. The summed E-state index contributed by atoms with van der Waals surface area (Å²) >= 11 is 0. The van der Waals surface area contributed by atoms with Gasteiger partial charge in [0.05, 0.1) is 36.1 Å². The van der Waals surface area contributed by atoms with E-state index in [1.54, 1.807) is 43.3 Å². The smallest absolute Gasteiger partial charge is 0.338 e. The molecule has 0 saturated carbocycles. The van der Waals surface area contributed by atoms with Gasteiger partial charge in [0, 0.05) is 0 Å². The summed E-state index contributed by atoms with van der Waals surface area (Å²) in [6.45, 7) is 1.39. The Morgan fingerprint density at radius 2 is 1.70 bits per heavy atom. The van der Waals surface area contributed by atoms with E-state index in [0.29, 0.717) is 11.1 Å². The predicted octanol–water partition coefficient (Wildman–Crippen LogP) is 2.21. The molecular weight excluding hydrogens is 388 g/mol. The summed E-state index contributed by atoms with van der Waals surface area (Å²) < 4.78 is 10.5. The number of carbonyl (C=O) groups excluding carboxylic acids is 3. The molecular formula is C22H22N2O6. The third kappa shape index (κ3) is 4.84. The van der Waals surface area contributed by atoms with Crippen molar-refractivity contribution < 1.29 is 29.0 Å². The van der Waals surface area contributed by atoms with E-state index >= 15 is 0 Å². The van der Waals surface area contributed by atoms with E-state index in [1.165, 1.54) is 12.1 Å². The summed E-state index contributed by atoms with van der Waals surface area (Å²) in [6.07, 6.45) is 0. The lowest BCUT2D eigenvalue weighted by molar-refractivity contribution is -0.139. The molecule has 8 heteroatoms. The molecule has 0 aliphatic carbocycles. The maximum Gasteiger partial charge on any atom is 0.338 e. The predicted molar refractivity (Wildman–Crippen MR) is 107 cm³/mol. The molecule has 0 spiro atoms. The highest BCUT2D eigenvalue weighted by atomic mass is 16.5. The molecule has 1 aliphatic heterocycles. The van der Waals surface area contributed by atoms with Crippen LogP contribution in [0, 0.1) is 0 Å². The number of ether oxygens (including phenoxy) is 2. The molecule has 0 bridgehead atoms. The van der Waals surface area contributed by atoms with E-state index in [0.717, 1.165) is 0 Å². The fourth-order valence-electron chi connectivity index (χ4n) is 3.04. The minimum atomic E-state index is -0.739. The van der Waals surface area contributed by atoms with Gasteiger partial charge >= 0.3 is 18.0 Å². The number of rotatable bonds is 7. The number of hydrogen-bond donors (Lipinski definition) is 3. The van der Waals surface area contributed by atoms with Gasteiger partial charge in [0.15, 0.2) is 0 Å². The lowest BCUT2D eigenvalue weighted by Crippen LogP contribution is -2.47. The topological polar surface area (TPSA) is 114 Å². The van der Waals surface area contributed by atoms with Crippen LogP contribution in [0.2, 0.25) is 0 Å². The molecule has 30 heavy (non-hydrogen) atoms. The maximum absolute atomic E-state index is 12.6. The SMILES string of the molecule is CCOC(=O)C1=C(COC(=O)c2ccc(CO)cc2)NC(=O)NC1c1ccccc1. The molecule has 0 fully saturated rings. The Balaban J connectivity index is 1.87. The number of urea groups is 1. The molecule has 8 nitrogen and oxygen atoms in total. The van der Waals surface area contributed by atoms with Crippen LogP contribution in [0.3, 0.4) is 0 Å². The Kier molecular flexibility index (Phi) is 6.82. The zero-order valence-electron chi connectivity index (χ0n) is 16.4. The molecule has 156 valence electrons. The van der Waals surface area contributed by atoms with Gasteiger partial charge in [-0.05, 0) is 30.2 Å². The summed E-state index contributed by atoms with van der Waals surface area (Å²) in [7, 11) is 0. The molecule has 2 amide bonds. The van der Waals surface area contributed by atoms with Gasteiger partial charge in [0.2, 0.25) is 0 Å². The highest BCUT2D eigenvalue weighted by molar-refractivity contribution is 5.95. The first-order chi connectivity index (χ1) is 14.5. The van der Waals surface area contributed by atoms with Crippen LogP contribution in [0.15, 0.2) is 65.9 Å². The zero-order chi connectivity index (χ0) is 21.5. The molecule has 2 aromatic rings. The third-order valence-corrected chi connectivity index (χ3v) is 4.50. The molecule has 1 aliphatic rings. The zero-order valence-corrected chi connectivity index (χ0v) is 16.4. The fraction of sp³-hybridized carbons (Fsp3) is 0.227. The second-order valence-corrected chi connectivity index (χ2v) is 6.49. The van der Waals surface area contributed by atoms with Crippen LogP contribution in [-0.4, -0.2) is 36.3 Å². The Morgan fingerprint density at radius 3 is 2.33 bits per heavy atom. The molecule has 0 saturated heterocycles. The standard InChI is InChI=1S/C22H22N2O6/c1-2-29-21(27)18-17(13-30-20(26)16-10-8-14(12-25)9-11-16)23-22(28)24-19(18)15-6-4-3-5-7-15/h3-11,19,25H,2,12-13H2,1H3,(H2,23,24,28). The van der Waals surface area contributed by atoms with E-state index in [-0.39, 0.29) is 36.7 Å². The van der Waals surface area contributed by atoms with E-state index < -0.39 is 24.0 Å². The van der Waals surface area contributed by atoms with Crippen molar-refractivity contribution in [3.63, 3.8) is 0 Å². The molecule has 2 aromatic carbocycles. The van der Waals surface area contributed by atoms with E-state index in [9.17, 15) is 14.4 Å². The highest BCUT2D eigenvalue weighted by Gasteiger charge is 2.34. The van der Waals surface area contributed by atoms with Crippen LogP contribution < -0.4 is 10.6 Å². The molecule has 0 aromatic heterocycles. The van der Waals surface area contributed by atoms with Gasteiger partial charge in [-0.3, -0.25) is 0 Å². The van der Waals surface area contributed by atoms with Crippen LogP contribution in [0.4, 0.5) is 4.79 Å². The van der Waals surface area contributed by atoms with Crippen molar-refractivity contribution in [3.8, 4) is 0 Å². The van der Waals surface area contributed by atoms with Gasteiger partial charge in [-0.1, -0.05) is 42.5 Å². The maximum atomic E-state index is 12.6. The number of hydrogen-bond acceptors (Lipinski definition) is 6. The average Bonchev–Trinajstić information content (AvgIpc) is 2.77. The highest BCUT2D eigenvalue weighted by Crippen LogP contribution is 2.28. The van der Waals surface area contributed by atoms with Gasteiger partial charge in [0.25, 0.3) is 0 Å². The first kappa shape index (κ1) is 21.1. The Labute approximate surface area is 173 Å². The third-order valence-electron chi connectivity index (χ3n) is 4.50. The van der Waals surface area contributed by atoms with Gasteiger partial charge in [0.1, 0.15) is 6.61 Å². The van der Waals surface area contributed by atoms with Crippen LogP contribution in [-0.2, 0) is 20.9 Å². The lowest BCUT2D eigenvalue weighted by Gasteiger charge is -2.29. The number of aliphatic hydroxyl groups is 1. The van der Waals surface area contributed by atoms with E-state index in [4.69, 9.17) is 14.6 Å². The molecule has 1 heterocycles. The quantitative estimate of drug-likeness (QED) is 0.603. The van der Waals surface area contributed by atoms with Crippen LogP contribution in [0.25, 0.3) is 0 Å². The van der Waals surface area contributed by atoms with Crippen molar-refractivity contribution in [1.29, 1.82) is 0 Å². The monoisotopic (exact) mass is 410 g/mol. The minimum absolute atomic E-state index is 0.134. The summed E-state index contributed by atoms with van der Waals surface area (Å²) in [6, 6.07) is 14.0. The molecule has 1 atom stereocenters. The Bertz CT molecular complexity index is 953. The number of esters is 2. The lowest BCUT2D eigenvalue weighted by atomic mass is 9.95. The number of benzene rings is 2. The molecule has 3 N–H and O–H groups in total. The summed E-state index contributed by atoms with van der Waals surface area (Å²) in [4.78, 5) is 37.2. The number of carbonyl (C=O) groups is 3. The van der Waals surface area contributed by atoms with Crippen molar-refractivity contribution in [1.82, 2.24) is 10.6 Å². The molecule has 1 unspecified atom stereocenters. The van der Waals surface area contributed by atoms with Crippen molar-refractivity contribution in [2.45, 2.75) is 19.6 Å². The number of aliphatic hydroxyl groups excluding tert-OH is 1. The van der Waals surface area contributed by atoms with Crippen molar-refractivity contribution in [3.05, 3.63) is 82.6 Å². The number of nitrogens with one attached hydrogen (secondary N) is 2. The van der Waals surface area contributed by atoms with Gasteiger partial charge in [-0.15, -0.1) is 0 Å². The first-order valence-electron chi connectivity index (χ1n) is 9.43. The largest absolute Gasteiger partial charge is 0.463 e. The van der Waals surface area contributed by atoms with Gasteiger partial charge in [-0.25, -0.2) is 14.4 Å². The Hall–Kier alpha value is -3.65. The van der Waals surface area contributed by atoms with Crippen LogP contribution in [0.5, 0.6) is 0 Å². The van der Waals surface area contributed by atoms with Crippen molar-refractivity contribution in [2.24, 2.45) is 0 Å². The van der Waals surface area contributed by atoms with Gasteiger partial charge in [-0.2, -0.15) is 0 Å². The van der Waals surface area contributed by atoms with Crippen LogP contribution >= 0.6 is 0 Å². The summed E-state index contributed by atoms with van der Waals surface area (Å²) in [5, 5.41) is 14.4. The summed E-state index contributed by atoms with van der Waals surface area (Å²) in [5.74, 6) is -1.24. The average molecular weight is 410 g/mol. The van der Waals surface area contributed by atoms with Gasteiger partial charge < -0.3 is 25.2 Å². The Morgan fingerprint density at radius 1 is 1.00 bits per heavy atom. The second-order valence-electron chi connectivity index (χ2n) is 6.49.